The Labute approximate surface area is 138 Å². The number of aliphatic hydroxyl groups is 1. The maximum atomic E-state index is 12.8. The van der Waals surface area contributed by atoms with Crippen LogP contribution in [0.25, 0.3) is 0 Å². The summed E-state index contributed by atoms with van der Waals surface area (Å²) in [6.07, 6.45) is 0.178. The highest BCUT2D eigenvalue weighted by atomic mass is 16.6. The smallest absolute Gasteiger partial charge is 0.277 e. The van der Waals surface area contributed by atoms with Crippen molar-refractivity contribution in [3.05, 3.63) is 75.8 Å². The molecule has 2 aromatic rings. The predicted octanol–water partition coefficient (Wildman–Crippen LogP) is 2.66. The quantitative estimate of drug-likeness (QED) is 0.693. The molecule has 2 aromatic carbocycles. The molecule has 1 aliphatic rings. The number of hydrogen-bond acceptors (Lipinski definition) is 5. The first kappa shape index (κ1) is 15.8. The molecule has 1 atom stereocenters. The number of amides is 1. The first-order valence-corrected chi connectivity index (χ1v) is 7.33. The molecule has 0 aromatic heterocycles. The van der Waals surface area contributed by atoms with Crippen molar-refractivity contribution in [2.24, 2.45) is 5.10 Å². The molecule has 1 heterocycles. The summed E-state index contributed by atoms with van der Waals surface area (Å²) in [5, 5.41) is 27.1. The number of hydrogen-bond donors (Lipinski definition) is 1. The van der Waals surface area contributed by atoms with E-state index in [1.54, 1.807) is 31.2 Å². The molecule has 0 saturated heterocycles. The van der Waals surface area contributed by atoms with Crippen LogP contribution in [0.15, 0.2) is 59.7 Å². The highest BCUT2D eigenvalue weighted by Gasteiger charge is 2.45. The molecule has 0 fully saturated rings. The van der Waals surface area contributed by atoms with E-state index in [0.29, 0.717) is 11.3 Å². The Hall–Kier alpha value is -3.06. The van der Waals surface area contributed by atoms with E-state index in [2.05, 4.69) is 5.10 Å². The Morgan fingerprint density at radius 1 is 1.25 bits per heavy atom. The average molecular weight is 325 g/mol. The van der Waals surface area contributed by atoms with Gasteiger partial charge in [-0.15, -0.1) is 0 Å². The standard InChI is InChI=1S/C17H15N3O4/c1-12-11-17(22,14-7-3-2-4-8-14)19(18-12)16(21)13-6-5-9-15(10-13)20(23)24/h2-10,22H,11H2,1H3/t17-/m1/s1. The summed E-state index contributed by atoms with van der Waals surface area (Å²) in [5.74, 6) is -0.595. The van der Waals surface area contributed by atoms with Crippen LogP contribution in [-0.4, -0.2) is 26.7 Å². The fraction of sp³-hybridized carbons (Fsp3) is 0.176. The van der Waals surface area contributed by atoms with Gasteiger partial charge in [0.2, 0.25) is 0 Å². The van der Waals surface area contributed by atoms with Gasteiger partial charge < -0.3 is 5.11 Å². The van der Waals surface area contributed by atoms with E-state index in [1.807, 2.05) is 6.07 Å². The van der Waals surface area contributed by atoms with Crippen LogP contribution in [0.4, 0.5) is 5.69 Å². The summed E-state index contributed by atoms with van der Waals surface area (Å²) in [7, 11) is 0. The van der Waals surface area contributed by atoms with Gasteiger partial charge in [-0.2, -0.15) is 10.1 Å². The molecule has 0 saturated carbocycles. The lowest BCUT2D eigenvalue weighted by atomic mass is 9.97. The van der Waals surface area contributed by atoms with E-state index in [0.717, 1.165) is 5.01 Å². The normalized spacial score (nSPS) is 19.9. The van der Waals surface area contributed by atoms with Gasteiger partial charge in [-0.25, -0.2) is 0 Å². The minimum absolute atomic E-state index is 0.0945. The zero-order chi connectivity index (χ0) is 17.3. The van der Waals surface area contributed by atoms with Gasteiger partial charge in [-0.1, -0.05) is 36.4 Å². The van der Waals surface area contributed by atoms with E-state index in [9.17, 15) is 20.0 Å². The number of non-ortho nitro benzene ring substituents is 1. The van der Waals surface area contributed by atoms with Gasteiger partial charge in [-0.3, -0.25) is 14.9 Å². The molecule has 7 nitrogen and oxygen atoms in total. The maximum absolute atomic E-state index is 12.8. The average Bonchev–Trinajstić information content (AvgIpc) is 2.91. The van der Waals surface area contributed by atoms with Crippen molar-refractivity contribution in [2.45, 2.75) is 19.1 Å². The predicted molar refractivity (Wildman–Crippen MR) is 87.3 cm³/mol. The SMILES string of the molecule is CC1=NN(C(=O)c2cccc([N+](=O)[O-])c2)[C@](O)(c2ccccc2)C1. The molecule has 0 unspecified atom stereocenters. The molecule has 0 bridgehead atoms. The summed E-state index contributed by atoms with van der Waals surface area (Å²) in [6.45, 7) is 1.72. The van der Waals surface area contributed by atoms with Crippen molar-refractivity contribution < 1.29 is 14.8 Å². The van der Waals surface area contributed by atoms with E-state index in [1.165, 1.54) is 24.3 Å². The van der Waals surface area contributed by atoms with Crippen LogP contribution in [0.1, 0.15) is 29.3 Å². The second-order valence-corrected chi connectivity index (χ2v) is 5.62. The van der Waals surface area contributed by atoms with Gasteiger partial charge in [0.05, 0.1) is 4.92 Å². The summed E-state index contributed by atoms with van der Waals surface area (Å²) >= 11 is 0. The van der Waals surface area contributed by atoms with Crippen LogP contribution < -0.4 is 0 Å². The van der Waals surface area contributed by atoms with Crippen molar-refractivity contribution in [1.29, 1.82) is 0 Å². The van der Waals surface area contributed by atoms with Gasteiger partial charge in [0.25, 0.3) is 11.6 Å². The van der Waals surface area contributed by atoms with Gasteiger partial charge >= 0.3 is 0 Å². The molecule has 0 aliphatic carbocycles. The Morgan fingerprint density at radius 2 is 1.96 bits per heavy atom. The molecule has 0 spiro atoms. The number of hydrazone groups is 1. The number of nitro groups is 1. The summed E-state index contributed by atoms with van der Waals surface area (Å²) in [6, 6.07) is 14.1. The second-order valence-electron chi connectivity index (χ2n) is 5.62. The molecule has 1 N–H and O–H groups in total. The van der Waals surface area contributed by atoms with Crippen LogP contribution in [0, 0.1) is 10.1 Å². The van der Waals surface area contributed by atoms with Crippen molar-refractivity contribution in [3.63, 3.8) is 0 Å². The third-order valence-corrected chi connectivity index (χ3v) is 3.86. The Bertz CT molecular complexity index is 835. The van der Waals surface area contributed by atoms with Gasteiger partial charge in [-0.05, 0) is 13.0 Å². The second kappa shape index (κ2) is 5.86. The molecule has 0 radical (unpaired) electrons. The summed E-state index contributed by atoms with van der Waals surface area (Å²) in [4.78, 5) is 23.1. The first-order chi connectivity index (χ1) is 11.4. The number of nitro benzene ring substituents is 1. The first-order valence-electron chi connectivity index (χ1n) is 7.33. The third kappa shape index (κ3) is 2.65. The van der Waals surface area contributed by atoms with Crippen LogP contribution in [0.5, 0.6) is 0 Å². The number of benzene rings is 2. The molecule has 7 heteroatoms. The molecule has 24 heavy (non-hydrogen) atoms. The largest absolute Gasteiger partial charge is 0.365 e. The molecule has 1 amide bonds. The highest BCUT2D eigenvalue weighted by molar-refractivity contribution is 5.98. The van der Waals surface area contributed by atoms with Crippen molar-refractivity contribution in [2.75, 3.05) is 0 Å². The van der Waals surface area contributed by atoms with Crippen molar-refractivity contribution in [1.82, 2.24) is 5.01 Å². The Kier molecular flexibility index (Phi) is 3.86. The highest BCUT2D eigenvalue weighted by Crippen LogP contribution is 2.36. The monoisotopic (exact) mass is 325 g/mol. The lowest BCUT2D eigenvalue weighted by Crippen LogP contribution is -2.43. The fourth-order valence-electron chi connectivity index (χ4n) is 2.74. The number of nitrogens with zero attached hydrogens (tertiary/aromatic N) is 3. The van der Waals surface area contributed by atoms with Gasteiger partial charge in [0.15, 0.2) is 5.72 Å². The zero-order valence-electron chi connectivity index (χ0n) is 12.9. The topological polar surface area (TPSA) is 96.0 Å². The van der Waals surface area contributed by atoms with Crippen LogP contribution in [0.3, 0.4) is 0 Å². The van der Waals surface area contributed by atoms with Crippen molar-refractivity contribution >= 4 is 17.3 Å². The fourth-order valence-corrected chi connectivity index (χ4v) is 2.74. The lowest BCUT2D eigenvalue weighted by molar-refractivity contribution is -0.384. The van der Waals surface area contributed by atoms with Crippen molar-refractivity contribution in [3.8, 4) is 0 Å². The molecular weight excluding hydrogens is 310 g/mol. The minimum Gasteiger partial charge on any atom is -0.365 e. The van der Waals surface area contributed by atoms with Crippen LogP contribution >= 0.6 is 0 Å². The number of carbonyl (C=O) groups excluding carboxylic acids is 1. The third-order valence-electron chi connectivity index (χ3n) is 3.86. The summed E-state index contributed by atoms with van der Waals surface area (Å²) < 4.78 is 0. The van der Waals surface area contributed by atoms with E-state index >= 15 is 0 Å². The minimum atomic E-state index is -1.60. The van der Waals surface area contributed by atoms with Gasteiger partial charge in [0, 0.05) is 35.4 Å². The summed E-state index contributed by atoms with van der Waals surface area (Å²) in [5.41, 5.74) is -0.571. The Balaban J connectivity index is 2.01. The molecule has 1 aliphatic heterocycles. The lowest BCUT2D eigenvalue weighted by Gasteiger charge is -2.31. The molecule has 3 rings (SSSR count). The van der Waals surface area contributed by atoms with E-state index in [4.69, 9.17) is 0 Å². The van der Waals surface area contributed by atoms with E-state index < -0.39 is 16.6 Å². The maximum Gasteiger partial charge on any atom is 0.277 e. The Morgan fingerprint density at radius 3 is 2.62 bits per heavy atom. The van der Waals surface area contributed by atoms with Crippen LogP contribution in [0.2, 0.25) is 0 Å². The van der Waals surface area contributed by atoms with Crippen LogP contribution in [-0.2, 0) is 5.72 Å². The molecule has 122 valence electrons. The number of carbonyl (C=O) groups is 1. The van der Waals surface area contributed by atoms with Gasteiger partial charge in [0.1, 0.15) is 0 Å². The number of rotatable bonds is 3. The molecular formula is C17H15N3O4. The zero-order valence-corrected chi connectivity index (χ0v) is 12.9. The van der Waals surface area contributed by atoms with E-state index in [-0.39, 0.29) is 17.7 Å².